The standard InChI is InChI=1S/C27H40N6O6/c1-5-16(4)24(33-22(34)13-30-25(37)19(28)10-15(2)3)27(39)32-21(26(38)31-14-23(35)36)11-17-12-29-20-9-7-6-8-18(17)20/h6-9,12,15-16,19,21,24,29H,5,10-11,13-14,28H2,1-4H3,(H,30,37)(H,31,38)(H,32,39)(H,33,34)(H,35,36). The number of aliphatic carboxylic acids is 1. The summed E-state index contributed by atoms with van der Waals surface area (Å²) in [6.07, 6.45) is 2.83. The molecule has 4 atom stereocenters. The van der Waals surface area contributed by atoms with Crippen molar-refractivity contribution >= 4 is 40.5 Å². The average Bonchev–Trinajstić information content (AvgIpc) is 3.30. The van der Waals surface area contributed by atoms with E-state index in [-0.39, 0.29) is 24.8 Å². The lowest BCUT2D eigenvalue weighted by molar-refractivity contribution is -0.138. The molecule has 8 N–H and O–H groups in total. The molecule has 1 heterocycles. The van der Waals surface area contributed by atoms with Crippen molar-refractivity contribution in [3.05, 3.63) is 36.0 Å². The van der Waals surface area contributed by atoms with Crippen LogP contribution in [0.4, 0.5) is 0 Å². The maximum Gasteiger partial charge on any atom is 0.322 e. The van der Waals surface area contributed by atoms with Crippen LogP contribution < -0.4 is 27.0 Å². The number of benzene rings is 1. The number of hydrogen-bond donors (Lipinski definition) is 7. The lowest BCUT2D eigenvalue weighted by Crippen LogP contribution is -2.57. The molecule has 0 fully saturated rings. The molecule has 0 aliphatic heterocycles. The summed E-state index contributed by atoms with van der Waals surface area (Å²) in [5.41, 5.74) is 7.46. The maximum atomic E-state index is 13.4. The van der Waals surface area contributed by atoms with E-state index in [9.17, 15) is 24.0 Å². The number of nitrogens with one attached hydrogen (secondary N) is 5. The van der Waals surface area contributed by atoms with Crippen LogP contribution in [0, 0.1) is 11.8 Å². The third kappa shape index (κ3) is 9.71. The van der Waals surface area contributed by atoms with Gasteiger partial charge in [-0.2, -0.15) is 0 Å². The molecule has 0 bridgehead atoms. The molecule has 12 nitrogen and oxygen atoms in total. The number of aromatic nitrogens is 1. The highest BCUT2D eigenvalue weighted by atomic mass is 16.4. The first-order valence-electron chi connectivity index (χ1n) is 13.1. The lowest BCUT2D eigenvalue weighted by Gasteiger charge is -2.26. The summed E-state index contributed by atoms with van der Waals surface area (Å²) in [5.74, 6) is -3.62. The third-order valence-electron chi connectivity index (χ3n) is 6.44. The Balaban J connectivity index is 2.15. The first kappa shape index (κ1) is 31.3. The molecule has 12 heteroatoms. The van der Waals surface area contributed by atoms with E-state index in [2.05, 4.69) is 26.3 Å². The number of carbonyl (C=O) groups excluding carboxylic acids is 4. The number of aromatic amines is 1. The molecular formula is C27H40N6O6. The first-order chi connectivity index (χ1) is 18.4. The van der Waals surface area contributed by atoms with E-state index < -0.39 is 54.3 Å². The molecule has 0 saturated heterocycles. The van der Waals surface area contributed by atoms with E-state index in [1.165, 1.54) is 0 Å². The van der Waals surface area contributed by atoms with Crippen molar-refractivity contribution in [1.29, 1.82) is 0 Å². The fourth-order valence-corrected chi connectivity index (χ4v) is 4.12. The molecule has 4 amide bonds. The molecule has 39 heavy (non-hydrogen) atoms. The largest absolute Gasteiger partial charge is 0.480 e. The number of nitrogens with two attached hydrogens (primary N) is 1. The Labute approximate surface area is 227 Å². The minimum atomic E-state index is -1.22. The number of fused-ring (bicyclic) bond motifs is 1. The Morgan fingerprint density at radius 3 is 2.26 bits per heavy atom. The summed E-state index contributed by atoms with van der Waals surface area (Å²) < 4.78 is 0. The van der Waals surface area contributed by atoms with Crippen molar-refractivity contribution in [2.45, 2.75) is 65.1 Å². The fraction of sp³-hybridized carbons (Fsp3) is 0.519. The molecule has 4 unspecified atom stereocenters. The lowest BCUT2D eigenvalue weighted by atomic mass is 9.97. The molecule has 2 rings (SSSR count). The fourth-order valence-electron chi connectivity index (χ4n) is 4.12. The van der Waals surface area contributed by atoms with E-state index in [1.54, 1.807) is 13.1 Å². The van der Waals surface area contributed by atoms with Gasteiger partial charge >= 0.3 is 5.97 Å². The zero-order valence-corrected chi connectivity index (χ0v) is 22.9. The van der Waals surface area contributed by atoms with Crippen molar-refractivity contribution in [2.24, 2.45) is 17.6 Å². The van der Waals surface area contributed by atoms with E-state index in [0.717, 1.165) is 16.5 Å². The predicted octanol–water partition coefficient (Wildman–Crippen LogP) is 0.417. The van der Waals surface area contributed by atoms with Gasteiger partial charge in [0.05, 0.1) is 12.6 Å². The number of carboxylic acids is 1. The van der Waals surface area contributed by atoms with Crippen LogP contribution in [0.25, 0.3) is 10.9 Å². The highest BCUT2D eigenvalue weighted by Gasteiger charge is 2.31. The second-order valence-corrected chi connectivity index (χ2v) is 10.1. The molecule has 2 aromatic rings. The highest BCUT2D eigenvalue weighted by Crippen LogP contribution is 2.19. The van der Waals surface area contributed by atoms with Crippen molar-refractivity contribution in [2.75, 3.05) is 13.1 Å². The van der Waals surface area contributed by atoms with Crippen molar-refractivity contribution in [3.63, 3.8) is 0 Å². The van der Waals surface area contributed by atoms with Gasteiger partial charge in [0.1, 0.15) is 18.6 Å². The average molecular weight is 545 g/mol. The van der Waals surface area contributed by atoms with Crippen LogP contribution in [-0.4, -0.2) is 70.9 Å². The van der Waals surface area contributed by atoms with Gasteiger partial charge in [0.15, 0.2) is 0 Å². The van der Waals surface area contributed by atoms with E-state index in [1.807, 2.05) is 45.0 Å². The van der Waals surface area contributed by atoms with Gasteiger partial charge in [-0.15, -0.1) is 0 Å². The Kier molecular flexibility index (Phi) is 11.9. The molecule has 0 spiro atoms. The summed E-state index contributed by atoms with van der Waals surface area (Å²) in [5, 5.41) is 20.0. The molecule has 1 aromatic carbocycles. The summed E-state index contributed by atoms with van der Waals surface area (Å²) >= 11 is 0. The van der Waals surface area contributed by atoms with Crippen LogP contribution in [-0.2, 0) is 30.4 Å². The molecule has 0 radical (unpaired) electrons. The van der Waals surface area contributed by atoms with Crippen molar-refractivity contribution < 1.29 is 29.1 Å². The minimum absolute atomic E-state index is 0.0895. The van der Waals surface area contributed by atoms with Gasteiger partial charge in [-0.1, -0.05) is 52.3 Å². The van der Waals surface area contributed by atoms with Crippen LogP contribution >= 0.6 is 0 Å². The normalized spacial score (nSPS) is 14.2. The Morgan fingerprint density at radius 1 is 0.949 bits per heavy atom. The predicted molar refractivity (Wildman–Crippen MR) is 146 cm³/mol. The van der Waals surface area contributed by atoms with Gasteiger partial charge in [0.25, 0.3) is 0 Å². The third-order valence-corrected chi connectivity index (χ3v) is 6.44. The Morgan fingerprint density at radius 2 is 1.62 bits per heavy atom. The number of rotatable bonds is 15. The van der Waals surface area contributed by atoms with Crippen LogP contribution in [0.15, 0.2) is 30.5 Å². The van der Waals surface area contributed by atoms with Gasteiger partial charge < -0.3 is 37.1 Å². The van der Waals surface area contributed by atoms with E-state index in [0.29, 0.717) is 12.8 Å². The number of carbonyl (C=O) groups is 5. The molecule has 1 aromatic heterocycles. The van der Waals surface area contributed by atoms with Crippen molar-refractivity contribution in [3.8, 4) is 0 Å². The number of hydrogen-bond acceptors (Lipinski definition) is 6. The highest BCUT2D eigenvalue weighted by molar-refractivity contribution is 5.95. The number of amides is 4. The SMILES string of the molecule is CCC(C)C(NC(=O)CNC(=O)C(N)CC(C)C)C(=O)NC(Cc1c[nH]c2ccccc12)C(=O)NCC(=O)O. The monoisotopic (exact) mass is 544 g/mol. The Bertz CT molecular complexity index is 1160. The zero-order chi connectivity index (χ0) is 29.1. The zero-order valence-electron chi connectivity index (χ0n) is 22.9. The molecule has 0 aliphatic rings. The van der Waals surface area contributed by atoms with Crippen molar-refractivity contribution in [1.82, 2.24) is 26.3 Å². The molecule has 0 saturated carbocycles. The molecule has 0 aliphatic carbocycles. The second-order valence-electron chi connectivity index (χ2n) is 10.1. The number of para-hydroxylation sites is 1. The Hall–Kier alpha value is -3.93. The van der Waals surface area contributed by atoms with E-state index in [4.69, 9.17) is 10.8 Å². The molecule has 214 valence electrons. The van der Waals surface area contributed by atoms with Crippen LogP contribution in [0.3, 0.4) is 0 Å². The summed E-state index contributed by atoms with van der Waals surface area (Å²) in [4.78, 5) is 65.2. The number of carboxylic acid groups (broad SMARTS) is 1. The second kappa shape index (κ2) is 14.9. The summed E-state index contributed by atoms with van der Waals surface area (Å²) in [7, 11) is 0. The van der Waals surface area contributed by atoms with Crippen LogP contribution in [0.1, 0.15) is 46.1 Å². The van der Waals surface area contributed by atoms with E-state index >= 15 is 0 Å². The van der Waals surface area contributed by atoms with Crippen LogP contribution in [0.2, 0.25) is 0 Å². The summed E-state index contributed by atoms with van der Waals surface area (Å²) in [6, 6.07) is 4.61. The van der Waals surface area contributed by atoms with Gasteiger partial charge in [0.2, 0.25) is 23.6 Å². The van der Waals surface area contributed by atoms with Gasteiger partial charge in [0, 0.05) is 23.5 Å². The van der Waals surface area contributed by atoms with Gasteiger partial charge in [-0.25, -0.2) is 0 Å². The number of H-pyrrole nitrogens is 1. The van der Waals surface area contributed by atoms with Crippen LogP contribution in [0.5, 0.6) is 0 Å². The topological polar surface area (TPSA) is 196 Å². The van der Waals surface area contributed by atoms with Gasteiger partial charge in [-0.3, -0.25) is 24.0 Å². The first-order valence-corrected chi connectivity index (χ1v) is 13.1. The maximum absolute atomic E-state index is 13.4. The minimum Gasteiger partial charge on any atom is -0.480 e. The molecular weight excluding hydrogens is 504 g/mol. The summed E-state index contributed by atoms with van der Waals surface area (Å²) in [6.45, 7) is 6.53. The van der Waals surface area contributed by atoms with Gasteiger partial charge in [-0.05, 0) is 29.9 Å². The smallest absolute Gasteiger partial charge is 0.322 e. The quantitative estimate of drug-likeness (QED) is 0.169.